The highest BCUT2D eigenvalue weighted by Gasteiger charge is 2.26. The first-order valence-electron chi connectivity index (χ1n) is 6.94. The van der Waals surface area contributed by atoms with Crippen molar-refractivity contribution in [3.05, 3.63) is 23.3 Å². The van der Waals surface area contributed by atoms with E-state index in [9.17, 15) is 4.79 Å². The second kappa shape index (κ2) is 6.21. The third-order valence-corrected chi connectivity index (χ3v) is 3.65. The van der Waals surface area contributed by atoms with Gasteiger partial charge in [0.15, 0.2) is 0 Å². The van der Waals surface area contributed by atoms with Gasteiger partial charge < -0.3 is 4.74 Å². The zero-order valence-electron chi connectivity index (χ0n) is 12.4. The van der Waals surface area contributed by atoms with Gasteiger partial charge >= 0.3 is 5.97 Å². The quantitative estimate of drug-likeness (QED) is 0.691. The molecule has 0 aromatic rings. The van der Waals surface area contributed by atoms with Crippen molar-refractivity contribution in [2.24, 2.45) is 5.41 Å². The molecule has 0 fully saturated rings. The number of esters is 1. The van der Waals surface area contributed by atoms with Crippen LogP contribution in [0.4, 0.5) is 0 Å². The van der Waals surface area contributed by atoms with Crippen LogP contribution in [0.2, 0.25) is 0 Å². The summed E-state index contributed by atoms with van der Waals surface area (Å²) in [5, 5.41) is 0. The van der Waals surface area contributed by atoms with Crippen LogP contribution in [0.3, 0.4) is 0 Å². The van der Waals surface area contributed by atoms with Crippen LogP contribution in [0.15, 0.2) is 23.3 Å². The fraction of sp³-hybridized carbons (Fsp3) is 0.688. The van der Waals surface area contributed by atoms with Crippen molar-refractivity contribution in [2.75, 3.05) is 0 Å². The summed E-state index contributed by atoms with van der Waals surface area (Å²) in [6.45, 7) is 10.5. The first-order chi connectivity index (χ1) is 8.36. The molecule has 0 radical (unpaired) electrons. The third-order valence-electron chi connectivity index (χ3n) is 3.65. The minimum atomic E-state index is -0.115. The van der Waals surface area contributed by atoms with E-state index in [4.69, 9.17) is 4.74 Å². The molecule has 1 atom stereocenters. The summed E-state index contributed by atoms with van der Waals surface area (Å²) in [5.74, 6) is -0.115. The number of allylic oxidation sites excluding steroid dienone is 3. The van der Waals surface area contributed by atoms with Crippen molar-refractivity contribution < 1.29 is 9.53 Å². The lowest BCUT2D eigenvalue weighted by atomic mass is 9.73. The van der Waals surface area contributed by atoms with Crippen LogP contribution in [0.5, 0.6) is 0 Å². The number of rotatable bonds is 4. The number of hydrogen-bond acceptors (Lipinski definition) is 2. The maximum absolute atomic E-state index is 11.2. The van der Waals surface area contributed by atoms with Gasteiger partial charge in [0.25, 0.3) is 0 Å². The molecule has 0 aromatic carbocycles. The Hall–Kier alpha value is -1.05. The minimum absolute atomic E-state index is 0.0320. The predicted molar refractivity (Wildman–Crippen MR) is 75.3 cm³/mol. The highest BCUT2D eigenvalue weighted by Crippen LogP contribution is 2.40. The van der Waals surface area contributed by atoms with Gasteiger partial charge in [0.1, 0.15) is 6.10 Å². The Balaban J connectivity index is 2.67. The van der Waals surface area contributed by atoms with Crippen molar-refractivity contribution in [1.29, 1.82) is 0 Å². The molecule has 0 bridgehead atoms. The second-order valence-corrected chi connectivity index (χ2v) is 5.82. The zero-order chi connectivity index (χ0) is 13.8. The van der Waals surface area contributed by atoms with E-state index in [1.54, 1.807) is 0 Å². The van der Waals surface area contributed by atoms with E-state index < -0.39 is 0 Å². The van der Waals surface area contributed by atoms with Gasteiger partial charge in [-0.15, -0.1) is 0 Å². The van der Waals surface area contributed by atoms with E-state index in [1.807, 2.05) is 13.8 Å². The number of hydrogen-bond donors (Lipinski definition) is 0. The molecule has 102 valence electrons. The van der Waals surface area contributed by atoms with Crippen LogP contribution in [-0.2, 0) is 9.53 Å². The van der Waals surface area contributed by atoms with Crippen LogP contribution >= 0.6 is 0 Å². The van der Waals surface area contributed by atoms with Gasteiger partial charge in [-0.25, -0.2) is 0 Å². The summed E-state index contributed by atoms with van der Waals surface area (Å²) < 4.78 is 5.29. The molecule has 0 saturated heterocycles. The lowest BCUT2D eigenvalue weighted by molar-refractivity contribution is -0.147. The van der Waals surface area contributed by atoms with Crippen LogP contribution in [0.25, 0.3) is 0 Å². The molecular formula is C16H26O2. The lowest BCUT2D eigenvalue weighted by Gasteiger charge is -2.32. The predicted octanol–water partition coefficient (Wildman–Crippen LogP) is 4.41. The summed E-state index contributed by atoms with van der Waals surface area (Å²) in [6.07, 6.45) is 8.13. The minimum Gasteiger partial charge on any atom is -0.462 e. The fourth-order valence-electron chi connectivity index (χ4n) is 2.50. The van der Waals surface area contributed by atoms with Gasteiger partial charge in [0.2, 0.25) is 0 Å². The van der Waals surface area contributed by atoms with Crippen molar-refractivity contribution >= 4 is 5.97 Å². The zero-order valence-corrected chi connectivity index (χ0v) is 12.4. The maximum Gasteiger partial charge on any atom is 0.305 e. The molecule has 1 unspecified atom stereocenters. The first kappa shape index (κ1) is 15.0. The Labute approximate surface area is 111 Å². The van der Waals surface area contributed by atoms with Crippen molar-refractivity contribution in [3.63, 3.8) is 0 Å². The normalized spacial score (nSPS) is 22.5. The van der Waals surface area contributed by atoms with E-state index in [0.717, 1.165) is 12.8 Å². The molecule has 0 N–H and O–H groups in total. The van der Waals surface area contributed by atoms with Gasteiger partial charge in [0.05, 0.1) is 0 Å². The third kappa shape index (κ3) is 4.01. The summed E-state index contributed by atoms with van der Waals surface area (Å²) in [5.41, 5.74) is 3.03. The molecule has 1 aliphatic carbocycles. The van der Waals surface area contributed by atoms with E-state index in [1.165, 1.54) is 17.6 Å². The van der Waals surface area contributed by atoms with E-state index in [-0.39, 0.29) is 17.5 Å². The van der Waals surface area contributed by atoms with Gasteiger partial charge in [0, 0.05) is 12.8 Å². The summed E-state index contributed by atoms with van der Waals surface area (Å²) >= 11 is 0. The molecule has 0 heterocycles. The van der Waals surface area contributed by atoms with Gasteiger partial charge in [-0.1, -0.05) is 38.5 Å². The molecule has 0 amide bonds. The highest BCUT2D eigenvalue weighted by atomic mass is 16.5. The standard InChI is InChI=1S/C16H26O2/c1-6-15(17)18-13(3)9-10-14-12(2)8-7-11-16(14,4)5/h8,10,13H,6-7,9,11H2,1-5H3/b14-10+. The van der Waals surface area contributed by atoms with Crippen LogP contribution < -0.4 is 0 Å². The lowest BCUT2D eigenvalue weighted by Crippen LogP contribution is -2.20. The van der Waals surface area contributed by atoms with Gasteiger partial charge in [-0.2, -0.15) is 0 Å². The molecule has 18 heavy (non-hydrogen) atoms. The fourth-order valence-corrected chi connectivity index (χ4v) is 2.50. The smallest absolute Gasteiger partial charge is 0.305 e. The summed E-state index contributed by atoms with van der Waals surface area (Å²) in [4.78, 5) is 11.2. The topological polar surface area (TPSA) is 26.3 Å². The van der Waals surface area contributed by atoms with Gasteiger partial charge in [-0.05, 0) is 37.7 Å². The van der Waals surface area contributed by atoms with Crippen LogP contribution in [0, 0.1) is 5.41 Å². The molecule has 2 nitrogen and oxygen atoms in total. The molecule has 1 rings (SSSR count). The SMILES string of the molecule is CCC(=O)OC(C)C/C=C1\C(C)=CCCC1(C)C. The Morgan fingerprint density at radius 3 is 2.78 bits per heavy atom. The Kier molecular flexibility index (Phi) is 5.18. The molecule has 0 saturated carbocycles. The van der Waals surface area contributed by atoms with Crippen molar-refractivity contribution in [2.45, 2.75) is 66.4 Å². The number of carbonyl (C=O) groups is 1. The largest absolute Gasteiger partial charge is 0.462 e. The Bertz CT molecular complexity index is 361. The molecule has 0 spiro atoms. The summed E-state index contributed by atoms with van der Waals surface area (Å²) in [6, 6.07) is 0. The highest BCUT2D eigenvalue weighted by molar-refractivity contribution is 5.69. The second-order valence-electron chi connectivity index (χ2n) is 5.82. The maximum atomic E-state index is 11.2. The van der Waals surface area contributed by atoms with Gasteiger partial charge in [-0.3, -0.25) is 4.79 Å². The Morgan fingerprint density at radius 2 is 2.22 bits per heavy atom. The molecule has 1 aliphatic rings. The number of carbonyl (C=O) groups excluding carboxylic acids is 1. The van der Waals surface area contributed by atoms with E-state index in [2.05, 4.69) is 32.9 Å². The van der Waals surface area contributed by atoms with Crippen molar-refractivity contribution in [3.8, 4) is 0 Å². The average molecular weight is 250 g/mol. The van der Waals surface area contributed by atoms with Crippen LogP contribution in [0.1, 0.15) is 60.3 Å². The Morgan fingerprint density at radius 1 is 1.56 bits per heavy atom. The molecule has 2 heteroatoms. The molecule has 0 aliphatic heterocycles. The van der Waals surface area contributed by atoms with E-state index >= 15 is 0 Å². The number of ether oxygens (including phenoxy) is 1. The monoisotopic (exact) mass is 250 g/mol. The van der Waals surface area contributed by atoms with Crippen LogP contribution in [-0.4, -0.2) is 12.1 Å². The molecule has 0 aromatic heterocycles. The van der Waals surface area contributed by atoms with E-state index in [0.29, 0.717) is 6.42 Å². The first-order valence-corrected chi connectivity index (χ1v) is 6.94. The average Bonchev–Trinajstić information content (AvgIpc) is 2.27. The summed E-state index contributed by atoms with van der Waals surface area (Å²) in [7, 11) is 0. The molecular weight excluding hydrogens is 224 g/mol. The van der Waals surface area contributed by atoms with Crippen molar-refractivity contribution in [1.82, 2.24) is 0 Å².